The zero-order valence-corrected chi connectivity index (χ0v) is 12.8. The quantitative estimate of drug-likeness (QED) is 0.864. The smallest absolute Gasteiger partial charge is 0.265 e. The van der Waals surface area contributed by atoms with Crippen LogP contribution >= 0.6 is 27.3 Å². The largest absolute Gasteiger partial charge is 0.479 e. The van der Waals surface area contributed by atoms with Crippen LogP contribution in [0.5, 0.6) is 5.75 Å². The molecule has 1 amide bonds. The van der Waals surface area contributed by atoms with Gasteiger partial charge < -0.3 is 10.1 Å². The van der Waals surface area contributed by atoms with Crippen molar-refractivity contribution in [3.05, 3.63) is 27.7 Å². The van der Waals surface area contributed by atoms with Gasteiger partial charge in [-0.05, 0) is 48.0 Å². The van der Waals surface area contributed by atoms with Crippen LogP contribution in [0.1, 0.15) is 12.6 Å². The molecule has 2 heterocycles. The summed E-state index contributed by atoms with van der Waals surface area (Å²) >= 11 is 5.04. The minimum atomic E-state index is -0.449. The molecule has 0 radical (unpaired) electrons. The maximum absolute atomic E-state index is 11.6. The highest BCUT2D eigenvalue weighted by molar-refractivity contribution is 9.11. The van der Waals surface area contributed by atoms with Gasteiger partial charge in [-0.25, -0.2) is 4.98 Å². The van der Waals surface area contributed by atoms with Gasteiger partial charge in [-0.1, -0.05) is 0 Å². The summed E-state index contributed by atoms with van der Waals surface area (Å²) in [5.41, 5.74) is 2.63. The van der Waals surface area contributed by atoms with Crippen LogP contribution in [0.4, 0.5) is 5.69 Å². The highest BCUT2D eigenvalue weighted by Gasteiger charge is 2.24. The molecule has 0 fully saturated rings. The van der Waals surface area contributed by atoms with E-state index >= 15 is 0 Å². The highest BCUT2D eigenvalue weighted by Crippen LogP contribution is 2.37. The predicted molar refractivity (Wildman–Crippen MR) is 78.7 cm³/mol. The van der Waals surface area contributed by atoms with Crippen LogP contribution in [0.15, 0.2) is 22.0 Å². The van der Waals surface area contributed by atoms with Crippen LogP contribution in [0.3, 0.4) is 0 Å². The van der Waals surface area contributed by atoms with Crippen LogP contribution in [-0.4, -0.2) is 17.0 Å². The number of ether oxygens (including phenoxy) is 1. The maximum atomic E-state index is 11.6. The number of aryl methyl sites for hydroxylation is 1. The number of nitrogens with zero attached hydrogens (tertiary/aromatic N) is 1. The molecule has 1 unspecified atom stereocenters. The molecule has 1 atom stereocenters. The Hall–Kier alpha value is -1.40. The third-order valence-electron chi connectivity index (χ3n) is 2.90. The second kappa shape index (κ2) is 4.61. The van der Waals surface area contributed by atoms with Crippen molar-refractivity contribution < 1.29 is 9.53 Å². The molecule has 4 nitrogen and oxygen atoms in total. The fourth-order valence-corrected chi connectivity index (χ4v) is 3.18. The summed E-state index contributed by atoms with van der Waals surface area (Å²) in [5.74, 6) is 0.573. The molecule has 0 saturated carbocycles. The Bertz CT molecular complexity index is 649. The van der Waals surface area contributed by atoms with Gasteiger partial charge in [0.1, 0.15) is 10.8 Å². The van der Waals surface area contributed by atoms with Crippen molar-refractivity contribution >= 4 is 38.9 Å². The average molecular weight is 339 g/mol. The van der Waals surface area contributed by atoms with Crippen molar-refractivity contribution in [1.29, 1.82) is 0 Å². The average Bonchev–Trinajstić information content (AvgIpc) is 2.71. The Morgan fingerprint density at radius 3 is 2.95 bits per heavy atom. The lowest BCUT2D eigenvalue weighted by molar-refractivity contribution is -0.122. The predicted octanol–water partition coefficient (Wildman–Crippen LogP) is 3.60. The molecule has 3 rings (SSSR count). The van der Waals surface area contributed by atoms with Gasteiger partial charge in [0.2, 0.25) is 0 Å². The highest BCUT2D eigenvalue weighted by atomic mass is 79.9. The summed E-state index contributed by atoms with van der Waals surface area (Å²) in [7, 11) is 0. The van der Waals surface area contributed by atoms with E-state index in [-0.39, 0.29) is 5.91 Å². The van der Waals surface area contributed by atoms with Crippen LogP contribution < -0.4 is 10.1 Å². The monoisotopic (exact) mass is 338 g/mol. The third kappa shape index (κ3) is 2.26. The molecule has 1 aromatic heterocycles. The molecule has 0 saturated heterocycles. The van der Waals surface area contributed by atoms with E-state index in [0.717, 1.165) is 20.1 Å². The summed E-state index contributed by atoms with van der Waals surface area (Å²) in [4.78, 5) is 16.1. The molecule has 2 aromatic rings. The Labute approximate surface area is 122 Å². The molecule has 1 aliphatic rings. The SMILES string of the molecule is Cc1nc(-c2ccc3c(c2)NC(=O)C(C)O3)sc1Br. The van der Waals surface area contributed by atoms with Crippen LogP contribution in [0.25, 0.3) is 10.6 Å². The lowest BCUT2D eigenvalue weighted by Crippen LogP contribution is -2.34. The maximum Gasteiger partial charge on any atom is 0.265 e. The van der Waals surface area contributed by atoms with E-state index in [1.54, 1.807) is 18.3 Å². The zero-order valence-electron chi connectivity index (χ0n) is 10.4. The molecule has 98 valence electrons. The van der Waals surface area contributed by atoms with Gasteiger partial charge in [-0.2, -0.15) is 0 Å². The van der Waals surface area contributed by atoms with Gasteiger partial charge in [0.05, 0.1) is 15.2 Å². The van der Waals surface area contributed by atoms with E-state index in [0.29, 0.717) is 11.4 Å². The Balaban J connectivity index is 2.02. The van der Waals surface area contributed by atoms with Crippen molar-refractivity contribution in [3.63, 3.8) is 0 Å². The van der Waals surface area contributed by atoms with E-state index < -0.39 is 6.10 Å². The number of anilines is 1. The van der Waals surface area contributed by atoms with Crippen molar-refractivity contribution in [2.24, 2.45) is 0 Å². The van der Waals surface area contributed by atoms with Crippen molar-refractivity contribution in [2.45, 2.75) is 20.0 Å². The summed E-state index contributed by atoms with van der Waals surface area (Å²) < 4.78 is 6.55. The molecule has 1 aliphatic heterocycles. The number of amides is 1. The number of aromatic nitrogens is 1. The lowest BCUT2D eigenvalue weighted by Gasteiger charge is -2.23. The fourth-order valence-electron chi connectivity index (χ4n) is 1.84. The molecule has 1 aromatic carbocycles. The number of carbonyl (C=O) groups excluding carboxylic acids is 1. The minimum absolute atomic E-state index is 0.124. The number of benzene rings is 1. The first-order valence-corrected chi connectivity index (χ1v) is 7.40. The Morgan fingerprint density at radius 2 is 2.26 bits per heavy atom. The Morgan fingerprint density at radius 1 is 1.47 bits per heavy atom. The van der Waals surface area contributed by atoms with E-state index in [1.165, 1.54) is 0 Å². The molecular formula is C13H11BrN2O2S. The van der Waals surface area contributed by atoms with Crippen LogP contribution in [0, 0.1) is 6.92 Å². The zero-order chi connectivity index (χ0) is 13.6. The van der Waals surface area contributed by atoms with E-state index in [2.05, 4.69) is 26.2 Å². The number of hydrogen-bond acceptors (Lipinski definition) is 4. The van der Waals surface area contributed by atoms with Crippen LogP contribution in [-0.2, 0) is 4.79 Å². The number of nitrogens with one attached hydrogen (secondary N) is 1. The van der Waals surface area contributed by atoms with Gasteiger partial charge in [0, 0.05) is 5.56 Å². The second-order valence-corrected chi connectivity index (χ2v) is 6.66. The van der Waals surface area contributed by atoms with E-state index in [9.17, 15) is 4.79 Å². The fraction of sp³-hybridized carbons (Fsp3) is 0.231. The standard InChI is InChI=1S/C13H11BrN2O2S/c1-6-11(14)19-13(15-6)8-3-4-10-9(5-8)16-12(17)7(2)18-10/h3-5,7H,1-2H3,(H,16,17). The molecule has 0 spiro atoms. The molecule has 0 aliphatic carbocycles. The molecule has 19 heavy (non-hydrogen) atoms. The number of hydrogen-bond donors (Lipinski definition) is 1. The van der Waals surface area contributed by atoms with Gasteiger partial charge in [0.25, 0.3) is 5.91 Å². The molecular weight excluding hydrogens is 328 g/mol. The van der Waals surface area contributed by atoms with E-state index in [4.69, 9.17) is 4.74 Å². The van der Waals surface area contributed by atoms with E-state index in [1.807, 2.05) is 25.1 Å². The van der Waals surface area contributed by atoms with Crippen molar-refractivity contribution in [1.82, 2.24) is 4.98 Å². The second-order valence-electron chi connectivity index (χ2n) is 4.34. The number of rotatable bonds is 1. The first kappa shape index (κ1) is 12.6. The topological polar surface area (TPSA) is 51.2 Å². The van der Waals surface area contributed by atoms with Gasteiger partial charge >= 0.3 is 0 Å². The number of thiazole rings is 1. The lowest BCUT2D eigenvalue weighted by atomic mass is 10.1. The molecule has 1 N–H and O–H groups in total. The summed E-state index contributed by atoms with van der Waals surface area (Å²) in [6, 6.07) is 5.71. The number of carbonyl (C=O) groups is 1. The van der Waals surface area contributed by atoms with Gasteiger partial charge in [-0.15, -0.1) is 11.3 Å². The molecule has 0 bridgehead atoms. The molecule has 6 heteroatoms. The van der Waals surface area contributed by atoms with Gasteiger partial charge in [0.15, 0.2) is 6.10 Å². The Kier molecular flexibility index (Phi) is 3.06. The van der Waals surface area contributed by atoms with Crippen LogP contribution in [0.2, 0.25) is 0 Å². The summed E-state index contributed by atoms with van der Waals surface area (Å²) in [6.45, 7) is 3.68. The summed E-state index contributed by atoms with van der Waals surface area (Å²) in [5, 5.41) is 3.76. The first-order chi connectivity index (χ1) is 9.04. The first-order valence-electron chi connectivity index (χ1n) is 5.79. The van der Waals surface area contributed by atoms with Crippen molar-refractivity contribution in [3.8, 4) is 16.3 Å². The number of halogens is 1. The van der Waals surface area contributed by atoms with Gasteiger partial charge in [-0.3, -0.25) is 4.79 Å². The number of fused-ring (bicyclic) bond motifs is 1. The third-order valence-corrected chi connectivity index (χ3v) is 4.95. The summed E-state index contributed by atoms with van der Waals surface area (Å²) in [6.07, 6.45) is -0.449. The minimum Gasteiger partial charge on any atom is -0.479 e. The normalized spacial score (nSPS) is 17.6. The van der Waals surface area contributed by atoms with Crippen molar-refractivity contribution in [2.75, 3.05) is 5.32 Å².